The summed E-state index contributed by atoms with van der Waals surface area (Å²) < 4.78 is 6.23. The van der Waals surface area contributed by atoms with Crippen LogP contribution in [0.1, 0.15) is 54.9 Å². The van der Waals surface area contributed by atoms with Gasteiger partial charge in [-0.25, -0.2) is 0 Å². The minimum atomic E-state index is 0.183. The molecule has 4 nitrogen and oxygen atoms in total. The van der Waals surface area contributed by atoms with Crippen molar-refractivity contribution in [2.45, 2.75) is 52.1 Å². The van der Waals surface area contributed by atoms with Gasteiger partial charge in [0.1, 0.15) is 0 Å². The summed E-state index contributed by atoms with van der Waals surface area (Å²) in [5.41, 5.74) is 2.31. The summed E-state index contributed by atoms with van der Waals surface area (Å²) in [6.45, 7) is 10.6. The molecule has 0 aromatic heterocycles. The maximum absolute atomic E-state index is 12.8. The maximum atomic E-state index is 12.8. The van der Waals surface area contributed by atoms with Crippen LogP contribution in [-0.4, -0.2) is 61.1 Å². The monoisotopic (exact) mass is 370 g/mol. The lowest BCUT2D eigenvalue weighted by molar-refractivity contribution is 0.0402. The van der Waals surface area contributed by atoms with E-state index in [1.165, 1.54) is 37.9 Å². The fourth-order valence-corrected chi connectivity index (χ4v) is 5.16. The van der Waals surface area contributed by atoms with Gasteiger partial charge >= 0.3 is 0 Å². The number of hydrogen-bond acceptors (Lipinski definition) is 3. The molecule has 4 rings (SSSR count). The lowest BCUT2D eigenvalue weighted by Gasteiger charge is -2.38. The number of piperidine rings is 2. The Morgan fingerprint density at radius 3 is 2.63 bits per heavy atom. The first-order valence-electron chi connectivity index (χ1n) is 10.7. The molecule has 3 aliphatic heterocycles. The number of nitrogens with zero attached hydrogens (tertiary/aromatic N) is 2. The van der Waals surface area contributed by atoms with Crippen LogP contribution in [0.4, 0.5) is 0 Å². The van der Waals surface area contributed by atoms with Crippen LogP contribution in [0.25, 0.3) is 0 Å². The maximum Gasteiger partial charge on any atom is 0.253 e. The van der Waals surface area contributed by atoms with Crippen molar-refractivity contribution in [1.82, 2.24) is 9.80 Å². The van der Waals surface area contributed by atoms with Gasteiger partial charge in [0.2, 0.25) is 0 Å². The molecular weight excluding hydrogens is 336 g/mol. The van der Waals surface area contributed by atoms with E-state index < -0.39 is 0 Å². The number of carbonyl (C=O) groups is 1. The summed E-state index contributed by atoms with van der Waals surface area (Å²) in [6.07, 6.45) is 6.42. The Bertz CT molecular complexity index is 649. The van der Waals surface area contributed by atoms with E-state index >= 15 is 0 Å². The van der Waals surface area contributed by atoms with E-state index in [0.29, 0.717) is 11.5 Å². The summed E-state index contributed by atoms with van der Waals surface area (Å²) in [7, 11) is 0. The van der Waals surface area contributed by atoms with Crippen molar-refractivity contribution in [3.05, 3.63) is 35.4 Å². The van der Waals surface area contributed by atoms with Crippen LogP contribution in [-0.2, 0) is 4.74 Å². The standard InChI is InChI=1S/C23H34N2O2/c1-18-5-7-20(8-6-18)22(26)25-12-9-23(10-13-25)14-21(27-17-23)16-24-11-3-4-19(2)15-24/h5-8,19,21H,3-4,9-17H2,1-2H3. The summed E-state index contributed by atoms with van der Waals surface area (Å²) in [6, 6.07) is 7.96. The molecule has 4 heteroatoms. The number of benzene rings is 1. The van der Waals surface area contributed by atoms with Gasteiger partial charge in [-0.05, 0) is 69.0 Å². The quantitative estimate of drug-likeness (QED) is 0.813. The zero-order chi connectivity index (χ0) is 18.9. The van der Waals surface area contributed by atoms with Crippen LogP contribution < -0.4 is 0 Å². The van der Waals surface area contributed by atoms with E-state index in [0.717, 1.165) is 50.6 Å². The Labute approximate surface area is 163 Å². The third-order valence-corrected chi connectivity index (χ3v) is 6.90. The number of rotatable bonds is 3. The molecule has 2 atom stereocenters. The largest absolute Gasteiger partial charge is 0.376 e. The smallest absolute Gasteiger partial charge is 0.253 e. The Hall–Kier alpha value is -1.39. The number of amides is 1. The zero-order valence-corrected chi connectivity index (χ0v) is 17.0. The van der Waals surface area contributed by atoms with E-state index in [1.54, 1.807) is 0 Å². The average Bonchev–Trinajstić information content (AvgIpc) is 3.04. The van der Waals surface area contributed by atoms with Crippen molar-refractivity contribution in [2.75, 3.05) is 39.3 Å². The van der Waals surface area contributed by atoms with Gasteiger partial charge in [-0.1, -0.05) is 24.6 Å². The number of ether oxygens (including phenoxy) is 1. The molecule has 3 aliphatic rings. The highest BCUT2D eigenvalue weighted by Crippen LogP contribution is 2.42. The normalized spacial score (nSPS) is 28.6. The van der Waals surface area contributed by atoms with Gasteiger partial charge in [-0.2, -0.15) is 0 Å². The van der Waals surface area contributed by atoms with E-state index in [2.05, 4.69) is 18.7 Å². The molecular formula is C23H34N2O2. The number of likely N-dealkylation sites (tertiary alicyclic amines) is 2. The first kappa shape index (κ1) is 18.9. The van der Waals surface area contributed by atoms with Gasteiger partial charge in [-0.3, -0.25) is 4.79 Å². The van der Waals surface area contributed by atoms with Crippen molar-refractivity contribution in [3.63, 3.8) is 0 Å². The zero-order valence-electron chi connectivity index (χ0n) is 17.0. The van der Waals surface area contributed by atoms with Crippen LogP contribution in [0.5, 0.6) is 0 Å². The lowest BCUT2D eigenvalue weighted by atomic mass is 9.76. The van der Waals surface area contributed by atoms with Gasteiger partial charge in [0.25, 0.3) is 5.91 Å². The molecule has 1 aromatic carbocycles. The van der Waals surface area contributed by atoms with Gasteiger partial charge in [0.15, 0.2) is 0 Å². The van der Waals surface area contributed by atoms with Gasteiger partial charge in [0.05, 0.1) is 12.7 Å². The molecule has 27 heavy (non-hydrogen) atoms. The van der Waals surface area contributed by atoms with Crippen LogP contribution in [0.2, 0.25) is 0 Å². The highest BCUT2D eigenvalue weighted by Gasteiger charge is 2.43. The fourth-order valence-electron chi connectivity index (χ4n) is 5.16. The van der Waals surface area contributed by atoms with Gasteiger partial charge in [-0.15, -0.1) is 0 Å². The molecule has 1 aromatic rings. The molecule has 148 valence electrons. The summed E-state index contributed by atoms with van der Waals surface area (Å²) >= 11 is 0. The highest BCUT2D eigenvalue weighted by molar-refractivity contribution is 5.94. The molecule has 1 amide bonds. The second-order valence-corrected chi connectivity index (χ2v) is 9.30. The van der Waals surface area contributed by atoms with E-state index in [9.17, 15) is 4.79 Å². The molecule has 0 radical (unpaired) electrons. The predicted octanol–water partition coefficient (Wildman–Crippen LogP) is 3.74. The molecule has 3 heterocycles. The Balaban J connectivity index is 1.28. The molecule has 0 aliphatic carbocycles. The first-order valence-corrected chi connectivity index (χ1v) is 10.7. The third-order valence-electron chi connectivity index (χ3n) is 6.90. The van der Waals surface area contributed by atoms with Crippen molar-refractivity contribution < 1.29 is 9.53 Å². The molecule has 1 spiro atoms. The number of carbonyl (C=O) groups excluding carboxylic acids is 1. The van der Waals surface area contributed by atoms with Crippen molar-refractivity contribution >= 4 is 5.91 Å². The average molecular weight is 371 g/mol. The van der Waals surface area contributed by atoms with Crippen molar-refractivity contribution in [3.8, 4) is 0 Å². The fraction of sp³-hybridized carbons (Fsp3) is 0.696. The van der Waals surface area contributed by atoms with E-state index in [-0.39, 0.29) is 5.91 Å². The Morgan fingerprint density at radius 1 is 1.19 bits per heavy atom. The first-order chi connectivity index (χ1) is 13.0. The Kier molecular flexibility index (Phi) is 5.56. The molecule has 2 unspecified atom stereocenters. The third kappa shape index (κ3) is 4.38. The Morgan fingerprint density at radius 2 is 1.93 bits per heavy atom. The topological polar surface area (TPSA) is 32.8 Å². The van der Waals surface area contributed by atoms with Crippen molar-refractivity contribution in [2.24, 2.45) is 11.3 Å². The summed E-state index contributed by atoms with van der Waals surface area (Å²) in [5.74, 6) is 1.01. The number of hydrogen-bond donors (Lipinski definition) is 0. The van der Waals surface area contributed by atoms with E-state index in [1.807, 2.05) is 29.2 Å². The summed E-state index contributed by atoms with van der Waals surface area (Å²) in [4.78, 5) is 17.4. The molecule has 0 bridgehead atoms. The number of aryl methyl sites for hydroxylation is 1. The van der Waals surface area contributed by atoms with Gasteiger partial charge in [0, 0.05) is 31.7 Å². The summed E-state index contributed by atoms with van der Waals surface area (Å²) in [5, 5.41) is 0. The second kappa shape index (κ2) is 7.92. The van der Waals surface area contributed by atoms with Crippen LogP contribution in [0, 0.1) is 18.3 Å². The lowest BCUT2D eigenvalue weighted by Crippen LogP contribution is -2.44. The minimum Gasteiger partial charge on any atom is -0.376 e. The second-order valence-electron chi connectivity index (χ2n) is 9.30. The predicted molar refractivity (Wildman–Crippen MR) is 108 cm³/mol. The van der Waals surface area contributed by atoms with Crippen molar-refractivity contribution in [1.29, 1.82) is 0 Å². The van der Waals surface area contributed by atoms with E-state index in [4.69, 9.17) is 4.74 Å². The minimum absolute atomic E-state index is 0.183. The van der Waals surface area contributed by atoms with Crippen LogP contribution in [0.15, 0.2) is 24.3 Å². The molecule has 0 saturated carbocycles. The SMILES string of the molecule is Cc1ccc(C(=O)N2CCC3(CC2)COC(CN2CCCC(C)C2)C3)cc1. The highest BCUT2D eigenvalue weighted by atomic mass is 16.5. The van der Waals surface area contributed by atoms with Crippen LogP contribution >= 0.6 is 0 Å². The van der Waals surface area contributed by atoms with Gasteiger partial charge < -0.3 is 14.5 Å². The van der Waals surface area contributed by atoms with Crippen LogP contribution in [0.3, 0.4) is 0 Å². The molecule has 3 fully saturated rings. The molecule has 0 N–H and O–H groups in total. The molecule has 3 saturated heterocycles.